The van der Waals surface area contributed by atoms with E-state index in [0.29, 0.717) is 5.75 Å². The molecule has 0 atom stereocenters. The summed E-state index contributed by atoms with van der Waals surface area (Å²) in [5.74, 6) is 0.700. The zero-order valence-corrected chi connectivity index (χ0v) is 8.34. The van der Waals surface area contributed by atoms with Crippen molar-refractivity contribution in [3.8, 4) is 5.75 Å². The Balaban J connectivity index is 0.00000128. The van der Waals surface area contributed by atoms with Gasteiger partial charge in [-0.2, -0.15) is 0 Å². The maximum absolute atomic E-state index is 8.61. The summed E-state index contributed by atoms with van der Waals surface area (Å²) < 4.78 is 5.20. The van der Waals surface area contributed by atoms with Crippen LogP contribution in [-0.4, -0.2) is 48.1 Å². The molecule has 78 valence electrons. The predicted octanol–water partition coefficient (Wildman–Crippen LogP) is 2.01. The van der Waals surface area contributed by atoms with Gasteiger partial charge in [0, 0.05) is 5.56 Å². The zero-order chi connectivity index (χ0) is 10.7. The van der Waals surface area contributed by atoms with Crippen LogP contribution in [0.2, 0.25) is 0 Å². The fourth-order valence-electron chi connectivity index (χ4n) is 1.64. The molecule has 0 aliphatic carbocycles. The molecule has 0 saturated heterocycles. The summed E-state index contributed by atoms with van der Waals surface area (Å²) in [7, 11) is 1.60. The van der Waals surface area contributed by atoms with E-state index in [2.05, 4.69) is 5.16 Å². The topological polar surface area (TPSA) is 41.8 Å². The van der Waals surface area contributed by atoms with E-state index >= 15 is 0 Å². The minimum absolute atomic E-state index is 0. The van der Waals surface area contributed by atoms with E-state index in [1.54, 1.807) is 7.11 Å². The van der Waals surface area contributed by atoms with Gasteiger partial charge in [-0.05, 0) is 16.8 Å². The van der Waals surface area contributed by atoms with Gasteiger partial charge in [-0.15, -0.1) is 0 Å². The Kier molecular flexibility index (Phi) is 4.80. The van der Waals surface area contributed by atoms with Crippen molar-refractivity contribution >= 4 is 46.5 Å². The third-order valence-electron chi connectivity index (χ3n) is 2.34. The van der Waals surface area contributed by atoms with Crippen LogP contribution in [0.25, 0.3) is 10.8 Å². The molecule has 0 aliphatic heterocycles. The molecule has 2 aromatic carbocycles. The molecule has 16 heavy (non-hydrogen) atoms. The van der Waals surface area contributed by atoms with Gasteiger partial charge in [0.15, 0.2) is 0 Å². The van der Waals surface area contributed by atoms with E-state index in [-0.39, 0.29) is 29.6 Å². The molecule has 0 bridgehead atoms. The van der Waals surface area contributed by atoms with Crippen molar-refractivity contribution in [2.45, 2.75) is 0 Å². The Bertz CT molecular complexity index is 511. The monoisotopic (exact) mass is 225 g/mol. The Morgan fingerprint density at radius 2 is 1.94 bits per heavy atom. The normalized spacial score (nSPS) is 10.3. The summed E-state index contributed by atoms with van der Waals surface area (Å²) in [5, 5.41) is 13.8. The van der Waals surface area contributed by atoms with Crippen LogP contribution < -0.4 is 4.74 Å². The number of hydrogen-bond acceptors (Lipinski definition) is 3. The van der Waals surface area contributed by atoms with E-state index in [0.717, 1.165) is 16.3 Å². The molecule has 4 heteroatoms. The van der Waals surface area contributed by atoms with Gasteiger partial charge in [-0.1, -0.05) is 35.5 Å². The number of hydrogen-bond donors (Lipinski definition) is 1. The van der Waals surface area contributed by atoms with Crippen LogP contribution in [0.1, 0.15) is 5.56 Å². The van der Waals surface area contributed by atoms with Crippen molar-refractivity contribution in [1.29, 1.82) is 0 Å². The molecule has 1 N–H and O–H groups in total. The first-order valence-corrected chi connectivity index (χ1v) is 4.60. The molecular formula is C12H12NNaO2. The van der Waals surface area contributed by atoms with Gasteiger partial charge in [0.25, 0.3) is 0 Å². The SMILES string of the molecule is COc1ccc2ccccc2c1C=NO.[NaH]. The van der Waals surface area contributed by atoms with E-state index in [4.69, 9.17) is 9.94 Å². The summed E-state index contributed by atoms with van der Waals surface area (Å²) in [6.45, 7) is 0. The number of ether oxygens (including phenoxy) is 1. The fraction of sp³-hybridized carbons (Fsp3) is 0.0833. The molecule has 2 rings (SSSR count). The molecule has 0 heterocycles. The second-order valence-electron chi connectivity index (χ2n) is 3.15. The molecule has 0 fully saturated rings. The number of rotatable bonds is 2. The van der Waals surface area contributed by atoms with Gasteiger partial charge < -0.3 is 9.94 Å². The van der Waals surface area contributed by atoms with Crippen LogP contribution in [-0.2, 0) is 0 Å². The average Bonchev–Trinajstić information content (AvgIpc) is 2.30. The van der Waals surface area contributed by atoms with Crippen LogP contribution >= 0.6 is 0 Å². The van der Waals surface area contributed by atoms with Crippen molar-refractivity contribution in [1.82, 2.24) is 0 Å². The van der Waals surface area contributed by atoms with Crippen LogP contribution in [0.15, 0.2) is 41.6 Å². The third kappa shape index (κ3) is 2.38. The summed E-state index contributed by atoms with van der Waals surface area (Å²) in [5.41, 5.74) is 0.790. The summed E-state index contributed by atoms with van der Waals surface area (Å²) in [4.78, 5) is 0. The molecule has 0 unspecified atom stereocenters. The van der Waals surface area contributed by atoms with E-state index in [1.807, 2.05) is 36.4 Å². The Morgan fingerprint density at radius 1 is 1.19 bits per heavy atom. The summed E-state index contributed by atoms with van der Waals surface area (Å²) in [6.07, 6.45) is 1.39. The number of benzene rings is 2. The minimum atomic E-state index is 0. The van der Waals surface area contributed by atoms with Gasteiger partial charge in [0.1, 0.15) is 5.75 Å². The Labute approximate surface area is 116 Å². The van der Waals surface area contributed by atoms with Crippen LogP contribution in [0.3, 0.4) is 0 Å². The fourth-order valence-corrected chi connectivity index (χ4v) is 1.64. The third-order valence-corrected chi connectivity index (χ3v) is 2.34. The standard InChI is InChI=1S/C12H11NO2.Na.H/c1-15-12-7-6-9-4-2-3-5-10(9)11(12)8-13-14;;/h2-8,14H,1H3;;. The number of nitrogens with zero attached hydrogens (tertiary/aromatic N) is 1. The second-order valence-corrected chi connectivity index (χ2v) is 3.15. The van der Waals surface area contributed by atoms with Gasteiger partial charge in [-0.3, -0.25) is 0 Å². The average molecular weight is 225 g/mol. The van der Waals surface area contributed by atoms with Crippen molar-refractivity contribution in [2.75, 3.05) is 7.11 Å². The van der Waals surface area contributed by atoms with Gasteiger partial charge in [-0.25, -0.2) is 0 Å². The van der Waals surface area contributed by atoms with Gasteiger partial charge in [0.2, 0.25) is 0 Å². The van der Waals surface area contributed by atoms with Crippen molar-refractivity contribution in [3.63, 3.8) is 0 Å². The van der Waals surface area contributed by atoms with E-state index in [1.165, 1.54) is 6.21 Å². The first-order valence-electron chi connectivity index (χ1n) is 4.60. The Morgan fingerprint density at radius 3 is 2.62 bits per heavy atom. The maximum atomic E-state index is 8.61. The predicted molar refractivity (Wildman–Crippen MR) is 67.0 cm³/mol. The van der Waals surface area contributed by atoms with Crippen LogP contribution in [0.5, 0.6) is 5.75 Å². The van der Waals surface area contributed by atoms with Crippen LogP contribution in [0, 0.1) is 0 Å². The summed E-state index contributed by atoms with van der Waals surface area (Å²) >= 11 is 0. The van der Waals surface area contributed by atoms with E-state index < -0.39 is 0 Å². The second kappa shape index (κ2) is 5.89. The molecule has 0 amide bonds. The van der Waals surface area contributed by atoms with Gasteiger partial charge in [0.05, 0.1) is 13.3 Å². The molecule has 0 saturated carbocycles. The zero-order valence-electron chi connectivity index (χ0n) is 8.34. The molecule has 0 aliphatic rings. The van der Waals surface area contributed by atoms with Crippen molar-refractivity contribution in [3.05, 3.63) is 42.0 Å². The Hall–Kier alpha value is -1.03. The first-order chi connectivity index (χ1) is 7.36. The molecule has 0 spiro atoms. The van der Waals surface area contributed by atoms with Gasteiger partial charge >= 0.3 is 29.6 Å². The number of methoxy groups -OCH3 is 1. The van der Waals surface area contributed by atoms with Crippen molar-refractivity contribution < 1.29 is 9.94 Å². The molecule has 2 aromatic rings. The summed E-state index contributed by atoms with van der Waals surface area (Å²) in [6, 6.07) is 11.7. The first kappa shape index (κ1) is 13.0. The molecule has 3 nitrogen and oxygen atoms in total. The van der Waals surface area contributed by atoms with Crippen LogP contribution in [0.4, 0.5) is 0 Å². The number of oxime groups is 1. The quantitative estimate of drug-likeness (QED) is 0.367. The van der Waals surface area contributed by atoms with Crippen molar-refractivity contribution in [2.24, 2.45) is 5.16 Å². The number of fused-ring (bicyclic) bond motifs is 1. The van der Waals surface area contributed by atoms with E-state index in [9.17, 15) is 0 Å². The molecular weight excluding hydrogens is 213 g/mol. The molecule has 0 radical (unpaired) electrons. The molecule has 0 aromatic heterocycles.